The van der Waals surface area contributed by atoms with E-state index in [0.29, 0.717) is 6.54 Å². The molecule has 15 heavy (non-hydrogen) atoms. The van der Waals surface area contributed by atoms with E-state index < -0.39 is 0 Å². The standard InChI is InChI=1S/C12H24N2O/c1-2-3-8-14-12(15)10-13-9-11-6-4-5-7-11/h11,13H,2-10H2,1H3,(H,14,15). The van der Waals surface area contributed by atoms with E-state index in [0.717, 1.165) is 31.8 Å². The third kappa shape index (κ3) is 5.78. The lowest BCUT2D eigenvalue weighted by Crippen LogP contribution is -2.36. The molecule has 3 nitrogen and oxygen atoms in total. The second-order valence-electron chi connectivity index (χ2n) is 4.48. The Morgan fingerprint density at radius 2 is 2.07 bits per heavy atom. The van der Waals surface area contributed by atoms with E-state index in [4.69, 9.17) is 0 Å². The molecular formula is C12H24N2O. The summed E-state index contributed by atoms with van der Waals surface area (Å²) in [5, 5.41) is 6.15. The highest BCUT2D eigenvalue weighted by molar-refractivity contribution is 5.77. The van der Waals surface area contributed by atoms with Crippen LogP contribution in [0, 0.1) is 5.92 Å². The van der Waals surface area contributed by atoms with Crippen LogP contribution in [0.3, 0.4) is 0 Å². The van der Waals surface area contributed by atoms with Crippen LogP contribution in [0.4, 0.5) is 0 Å². The minimum atomic E-state index is 0.140. The first kappa shape index (κ1) is 12.5. The molecule has 0 spiro atoms. The van der Waals surface area contributed by atoms with Crippen molar-refractivity contribution < 1.29 is 4.79 Å². The maximum absolute atomic E-state index is 11.3. The lowest BCUT2D eigenvalue weighted by Gasteiger charge is -2.10. The van der Waals surface area contributed by atoms with Gasteiger partial charge in [-0.15, -0.1) is 0 Å². The predicted octanol–water partition coefficient (Wildman–Crippen LogP) is 1.68. The summed E-state index contributed by atoms with van der Waals surface area (Å²) in [5.41, 5.74) is 0. The zero-order chi connectivity index (χ0) is 10.9. The minimum Gasteiger partial charge on any atom is -0.355 e. The largest absolute Gasteiger partial charge is 0.355 e. The van der Waals surface area contributed by atoms with Crippen molar-refractivity contribution in [1.82, 2.24) is 10.6 Å². The highest BCUT2D eigenvalue weighted by Crippen LogP contribution is 2.23. The smallest absolute Gasteiger partial charge is 0.233 e. The molecule has 1 aliphatic carbocycles. The highest BCUT2D eigenvalue weighted by atomic mass is 16.1. The molecular weight excluding hydrogens is 188 g/mol. The van der Waals surface area contributed by atoms with Gasteiger partial charge in [-0.2, -0.15) is 0 Å². The number of hydrogen-bond donors (Lipinski definition) is 2. The summed E-state index contributed by atoms with van der Waals surface area (Å²) in [6.07, 6.45) is 7.63. The van der Waals surface area contributed by atoms with Crippen LogP contribution >= 0.6 is 0 Å². The molecule has 1 aliphatic rings. The second kappa shape index (κ2) is 7.69. The van der Waals surface area contributed by atoms with Gasteiger partial charge in [0.2, 0.25) is 5.91 Å². The summed E-state index contributed by atoms with van der Waals surface area (Å²) in [4.78, 5) is 11.3. The summed E-state index contributed by atoms with van der Waals surface area (Å²) >= 11 is 0. The van der Waals surface area contributed by atoms with Gasteiger partial charge < -0.3 is 10.6 Å². The summed E-state index contributed by atoms with van der Waals surface area (Å²) in [7, 11) is 0. The van der Waals surface area contributed by atoms with Crippen LogP contribution in [-0.2, 0) is 4.79 Å². The maximum Gasteiger partial charge on any atom is 0.233 e. The third-order valence-corrected chi connectivity index (χ3v) is 3.05. The predicted molar refractivity (Wildman–Crippen MR) is 62.7 cm³/mol. The van der Waals surface area contributed by atoms with Gasteiger partial charge >= 0.3 is 0 Å². The number of amides is 1. The minimum absolute atomic E-state index is 0.140. The molecule has 0 aromatic rings. The van der Waals surface area contributed by atoms with E-state index in [1.54, 1.807) is 0 Å². The molecule has 1 rings (SSSR count). The number of rotatable bonds is 7. The van der Waals surface area contributed by atoms with Crippen LogP contribution in [0.5, 0.6) is 0 Å². The molecule has 0 aromatic heterocycles. The number of hydrogen-bond acceptors (Lipinski definition) is 2. The molecule has 0 radical (unpaired) electrons. The van der Waals surface area contributed by atoms with E-state index in [2.05, 4.69) is 17.6 Å². The molecule has 0 atom stereocenters. The number of carbonyl (C=O) groups is 1. The van der Waals surface area contributed by atoms with Crippen LogP contribution in [0.1, 0.15) is 45.4 Å². The molecule has 88 valence electrons. The van der Waals surface area contributed by atoms with Gasteiger partial charge in [0, 0.05) is 6.54 Å². The van der Waals surface area contributed by atoms with Crippen LogP contribution in [0.2, 0.25) is 0 Å². The van der Waals surface area contributed by atoms with Gasteiger partial charge in [0.15, 0.2) is 0 Å². The van der Waals surface area contributed by atoms with Gasteiger partial charge in [-0.3, -0.25) is 4.79 Å². The van der Waals surface area contributed by atoms with Crippen molar-refractivity contribution in [2.45, 2.75) is 45.4 Å². The zero-order valence-corrected chi connectivity index (χ0v) is 9.85. The van der Waals surface area contributed by atoms with E-state index in [1.807, 2.05) is 0 Å². The Morgan fingerprint density at radius 1 is 1.33 bits per heavy atom. The first-order chi connectivity index (χ1) is 7.33. The lowest BCUT2D eigenvalue weighted by atomic mass is 10.1. The Hall–Kier alpha value is -0.570. The number of unbranched alkanes of at least 4 members (excludes halogenated alkanes) is 1. The average Bonchev–Trinajstić information content (AvgIpc) is 2.71. The molecule has 3 heteroatoms. The third-order valence-electron chi connectivity index (χ3n) is 3.05. The SMILES string of the molecule is CCCCNC(=O)CNCC1CCCC1. The Morgan fingerprint density at radius 3 is 2.73 bits per heavy atom. The van der Waals surface area contributed by atoms with Crippen molar-refractivity contribution in [2.24, 2.45) is 5.92 Å². The molecule has 0 heterocycles. The van der Waals surface area contributed by atoms with Gasteiger partial charge in [-0.1, -0.05) is 26.2 Å². The van der Waals surface area contributed by atoms with Crippen LogP contribution < -0.4 is 10.6 Å². The number of carbonyl (C=O) groups excluding carboxylic acids is 1. The van der Waals surface area contributed by atoms with Crippen molar-refractivity contribution in [3.8, 4) is 0 Å². The summed E-state index contributed by atoms with van der Waals surface area (Å²) < 4.78 is 0. The Labute approximate surface area is 93.0 Å². The van der Waals surface area contributed by atoms with Gasteiger partial charge in [0.05, 0.1) is 6.54 Å². The van der Waals surface area contributed by atoms with Crippen molar-refractivity contribution in [3.05, 3.63) is 0 Å². The molecule has 0 saturated heterocycles. The lowest BCUT2D eigenvalue weighted by molar-refractivity contribution is -0.120. The molecule has 0 aromatic carbocycles. The quantitative estimate of drug-likeness (QED) is 0.630. The molecule has 1 fully saturated rings. The first-order valence-electron chi connectivity index (χ1n) is 6.30. The van der Waals surface area contributed by atoms with E-state index in [1.165, 1.54) is 25.7 Å². The van der Waals surface area contributed by atoms with Gasteiger partial charge in [0.25, 0.3) is 0 Å². The normalized spacial score (nSPS) is 16.9. The van der Waals surface area contributed by atoms with Gasteiger partial charge in [-0.05, 0) is 31.7 Å². The summed E-state index contributed by atoms with van der Waals surface area (Å²) in [6.45, 7) is 4.45. The summed E-state index contributed by atoms with van der Waals surface area (Å²) in [6, 6.07) is 0. The average molecular weight is 212 g/mol. The van der Waals surface area contributed by atoms with Crippen LogP contribution in [-0.4, -0.2) is 25.5 Å². The van der Waals surface area contributed by atoms with E-state index in [-0.39, 0.29) is 5.91 Å². The fraction of sp³-hybridized carbons (Fsp3) is 0.917. The van der Waals surface area contributed by atoms with Crippen LogP contribution in [0.25, 0.3) is 0 Å². The Kier molecular flexibility index (Phi) is 6.41. The number of nitrogens with one attached hydrogen (secondary N) is 2. The molecule has 1 amide bonds. The molecule has 0 bridgehead atoms. The molecule has 0 aliphatic heterocycles. The van der Waals surface area contributed by atoms with Crippen molar-refractivity contribution >= 4 is 5.91 Å². The molecule has 0 unspecified atom stereocenters. The van der Waals surface area contributed by atoms with Gasteiger partial charge in [-0.25, -0.2) is 0 Å². The van der Waals surface area contributed by atoms with E-state index >= 15 is 0 Å². The van der Waals surface area contributed by atoms with Crippen molar-refractivity contribution in [2.75, 3.05) is 19.6 Å². The fourth-order valence-electron chi connectivity index (χ4n) is 2.07. The fourth-order valence-corrected chi connectivity index (χ4v) is 2.07. The van der Waals surface area contributed by atoms with Crippen LogP contribution in [0.15, 0.2) is 0 Å². The summed E-state index contributed by atoms with van der Waals surface area (Å²) in [5.74, 6) is 0.954. The van der Waals surface area contributed by atoms with Gasteiger partial charge in [0.1, 0.15) is 0 Å². The maximum atomic E-state index is 11.3. The highest BCUT2D eigenvalue weighted by Gasteiger charge is 2.14. The molecule has 2 N–H and O–H groups in total. The molecule has 1 saturated carbocycles. The topological polar surface area (TPSA) is 41.1 Å². The Bertz CT molecular complexity index is 176. The second-order valence-corrected chi connectivity index (χ2v) is 4.48. The van der Waals surface area contributed by atoms with Crippen molar-refractivity contribution in [1.29, 1.82) is 0 Å². The Balaban J connectivity index is 1.91. The first-order valence-corrected chi connectivity index (χ1v) is 6.30. The van der Waals surface area contributed by atoms with Crippen molar-refractivity contribution in [3.63, 3.8) is 0 Å². The zero-order valence-electron chi connectivity index (χ0n) is 9.85. The monoisotopic (exact) mass is 212 g/mol. The van der Waals surface area contributed by atoms with E-state index in [9.17, 15) is 4.79 Å².